The SMILES string of the molecule is CC(C)c1ccc(NCC2CO2)cc1. The summed E-state index contributed by atoms with van der Waals surface area (Å²) in [5.41, 5.74) is 2.57. The third-order valence-electron chi connectivity index (χ3n) is 2.51. The van der Waals surface area contributed by atoms with Gasteiger partial charge >= 0.3 is 0 Å². The van der Waals surface area contributed by atoms with Crippen LogP contribution >= 0.6 is 0 Å². The van der Waals surface area contributed by atoms with E-state index in [1.54, 1.807) is 0 Å². The highest BCUT2D eigenvalue weighted by Crippen LogP contribution is 2.18. The lowest BCUT2D eigenvalue weighted by molar-refractivity contribution is 0.417. The van der Waals surface area contributed by atoms with Crippen molar-refractivity contribution in [2.45, 2.75) is 25.9 Å². The summed E-state index contributed by atoms with van der Waals surface area (Å²) in [6, 6.07) is 8.64. The molecule has 76 valence electrons. The van der Waals surface area contributed by atoms with Gasteiger partial charge in [-0.15, -0.1) is 0 Å². The summed E-state index contributed by atoms with van der Waals surface area (Å²) in [4.78, 5) is 0. The van der Waals surface area contributed by atoms with E-state index in [1.807, 2.05) is 0 Å². The Balaban J connectivity index is 1.91. The van der Waals surface area contributed by atoms with Crippen molar-refractivity contribution in [3.8, 4) is 0 Å². The summed E-state index contributed by atoms with van der Waals surface area (Å²) < 4.78 is 5.13. The first-order valence-corrected chi connectivity index (χ1v) is 5.21. The number of anilines is 1. The fraction of sp³-hybridized carbons (Fsp3) is 0.500. The van der Waals surface area contributed by atoms with Crippen molar-refractivity contribution in [2.75, 3.05) is 18.5 Å². The van der Waals surface area contributed by atoms with E-state index in [-0.39, 0.29) is 0 Å². The minimum atomic E-state index is 0.444. The number of hydrogen-bond donors (Lipinski definition) is 1. The van der Waals surface area contributed by atoms with Crippen molar-refractivity contribution in [3.63, 3.8) is 0 Å². The van der Waals surface area contributed by atoms with Crippen molar-refractivity contribution in [2.24, 2.45) is 0 Å². The van der Waals surface area contributed by atoms with Crippen LogP contribution in [0.2, 0.25) is 0 Å². The van der Waals surface area contributed by atoms with Gasteiger partial charge in [-0.25, -0.2) is 0 Å². The molecule has 2 nitrogen and oxygen atoms in total. The van der Waals surface area contributed by atoms with E-state index < -0.39 is 0 Å². The number of ether oxygens (including phenoxy) is 1. The van der Waals surface area contributed by atoms with Crippen LogP contribution in [-0.4, -0.2) is 19.3 Å². The smallest absolute Gasteiger partial charge is 0.0981 e. The summed E-state index contributed by atoms with van der Waals surface area (Å²) in [6.45, 7) is 6.26. The van der Waals surface area contributed by atoms with Crippen LogP contribution in [0.4, 0.5) is 5.69 Å². The summed E-state index contributed by atoms with van der Waals surface area (Å²) in [5.74, 6) is 0.607. The van der Waals surface area contributed by atoms with Crippen molar-refractivity contribution < 1.29 is 4.74 Å². The van der Waals surface area contributed by atoms with Crippen LogP contribution in [0.3, 0.4) is 0 Å². The number of rotatable bonds is 4. The molecule has 1 unspecified atom stereocenters. The average Bonchev–Trinajstić information content (AvgIpc) is 2.99. The van der Waals surface area contributed by atoms with E-state index in [0.29, 0.717) is 12.0 Å². The predicted molar refractivity (Wildman–Crippen MR) is 58.8 cm³/mol. The standard InChI is InChI=1S/C12H17NO/c1-9(2)10-3-5-11(6-4-10)13-7-12-8-14-12/h3-6,9,12-13H,7-8H2,1-2H3. The summed E-state index contributed by atoms with van der Waals surface area (Å²) in [5, 5.41) is 3.35. The topological polar surface area (TPSA) is 24.6 Å². The molecule has 2 heteroatoms. The lowest BCUT2D eigenvalue weighted by Crippen LogP contribution is -2.07. The van der Waals surface area contributed by atoms with Crippen LogP contribution in [0, 0.1) is 0 Å². The Labute approximate surface area is 85.3 Å². The van der Waals surface area contributed by atoms with Crippen LogP contribution < -0.4 is 5.32 Å². The average molecular weight is 191 g/mol. The van der Waals surface area contributed by atoms with Crippen LogP contribution in [0.5, 0.6) is 0 Å². The number of epoxide rings is 1. The van der Waals surface area contributed by atoms with Crippen molar-refractivity contribution in [3.05, 3.63) is 29.8 Å². The molecule has 0 spiro atoms. The van der Waals surface area contributed by atoms with Gasteiger partial charge in [0.05, 0.1) is 12.7 Å². The van der Waals surface area contributed by atoms with Gasteiger partial charge in [-0.05, 0) is 23.6 Å². The quantitative estimate of drug-likeness (QED) is 0.740. The molecule has 1 aliphatic rings. The van der Waals surface area contributed by atoms with Gasteiger partial charge in [-0.2, -0.15) is 0 Å². The molecule has 0 radical (unpaired) electrons. The van der Waals surface area contributed by atoms with Gasteiger partial charge in [0.1, 0.15) is 0 Å². The molecule has 1 aromatic carbocycles. The Morgan fingerprint density at radius 2 is 2.00 bits per heavy atom. The number of nitrogens with one attached hydrogen (secondary N) is 1. The molecule has 1 aliphatic heterocycles. The second kappa shape index (κ2) is 4.01. The van der Waals surface area contributed by atoms with Gasteiger partial charge in [-0.1, -0.05) is 26.0 Å². The van der Waals surface area contributed by atoms with E-state index in [9.17, 15) is 0 Å². The van der Waals surface area contributed by atoms with Crippen LogP contribution in [-0.2, 0) is 4.74 Å². The molecule has 0 amide bonds. The normalized spacial score (nSPS) is 19.8. The molecule has 14 heavy (non-hydrogen) atoms. The van der Waals surface area contributed by atoms with E-state index >= 15 is 0 Å². The third-order valence-corrected chi connectivity index (χ3v) is 2.51. The van der Waals surface area contributed by atoms with Gasteiger partial charge in [0.2, 0.25) is 0 Å². The molecule has 1 N–H and O–H groups in total. The minimum Gasteiger partial charge on any atom is -0.382 e. The molecule has 1 heterocycles. The lowest BCUT2D eigenvalue weighted by atomic mass is 10.0. The second-order valence-corrected chi connectivity index (χ2v) is 4.11. The van der Waals surface area contributed by atoms with E-state index in [4.69, 9.17) is 4.74 Å². The van der Waals surface area contributed by atoms with Crippen molar-refractivity contribution >= 4 is 5.69 Å². The zero-order valence-electron chi connectivity index (χ0n) is 8.79. The minimum absolute atomic E-state index is 0.444. The highest BCUT2D eigenvalue weighted by molar-refractivity contribution is 5.45. The summed E-state index contributed by atoms with van der Waals surface area (Å²) in [7, 11) is 0. The van der Waals surface area contributed by atoms with E-state index in [0.717, 1.165) is 13.2 Å². The lowest BCUT2D eigenvalue weighted by Gasteiger charge is -2.07. The Bertz CT molecular complexity index is 288. The fourth-order valence-electron chi connectivity index (χ4n) is 1.40. The fourth-order valence-corrected chi connectivity index (χ4v) is 1.40. The first kappa shape index (κ1) is 9.53. The van der Waals surface area contributed by atoms with Crippen LogP contribution in [0.15, 0.2) is 24.3 Å². The van der Waals surface area contributed by atoms with Gasteiger partial charge in [-0.3, -0.25) is 0 Å². The molecule has 1 aromatic rings. The zero-order chi connectivity index (χ0) is 9.97. The zero-order valence-corrected chi connectivity index (χ0v) is 8.79. The molecule has 0 aromatic heterocycles. The Kier molecular flexibility index (Phi) is 2.73. The number of benzene rings is 1. The summed E-state index contributed by atoms with van der Waals surface area (Å²) in [6.07, 6.45) is 0.444. The van der Waals surface area contributed by atoms with Gasteiger partial charge < -0.3 is 10.1 Å². The Hall–Kier alpha value is -1.02. The van der Waals surface area contributed by atoms with Gasteiger partial charge in [0, 0.05) is 12.2 Å². The monoisotopic (exact) mass is 191 g/mol. The summed E-state index contributed by atoms with van der Waals surface area (Å²) >= 11 is 0. The van der Waals surface area contributed by atoms with Crippen molar-refractivity contribution in [1.29, 1.82) is 0 Å². The Morgan fingerprint density at radius 1 is 1.36 bits per heavy atom. The van der Waals surface area contributed by atoms with Gasteiger partial charge in [0.15, 0.2) is 0 Å². The first-order chi connectivity index (χ1) is 6.75. The van der Waals surface area contributed by atoms with Gasteiger partial charge in [0.25, 0.3) is 0 Å². The maximum atomic E-state index is 5.13. The third kappa shape index (κ3) is 2.48. The molecular weight excluding hydrogens is 174 g/mol. The first-order valence-electron chi connectivity index (χ1n) is 5.21. The maximum absolute atomic E-state index is 5.13. The number of hydrogen-bond acceptors (Lipinski definition) is 2. The Morgan fingerprint density at radius 3 is 2.50 bits per heavy atom. The largest absolute Gasteiger partial charge is 0.382 e. The van der Waals surface area contributed by atoms with Crippen LogP contribution in [0.25, 0.3) is 0 Å². The maximum Gasteiger partial charge on any atom is 0.0981 e. The predicted octanol–water partition coefficient (Wildman–Crippen LogP) is 2.62. The highest BCUT2D eigenvalue weighted by Gasteiger charge is 2.21. The highest BCUT2D eigenvalue weighted by atomic mass is 16.6. The molecular formula is C12H17NO. The molecule has 0 aliphatic carbocycles. The van der Waals surface area contributed by atoms with E-state index in [1.165, 1.54) is 11.3 Å². The molecule has 1 fully saturated rings. The van der Waals surface area contributed by atoms with Crippen LogP contribution in [0.1, 0.15) is 25.3 Å². The molecule has 1 saturated heterocycles. The molecule has 1 atom stereocenters. The molecule has 2 rings (SSSR count). The molecule has 0 saturated carbocycles. The molecule has 0 bridgehead atoms. The van der Waals surface area contributed by atoms with Crippen molar-refractivity contribution in [1.82, 2.24) is 0 Å². The van der Waals surface area contributed by atoms with E-state index in [2.05, 4.69) is 43.4 Å². The second-order valence-electron chi connectivity index (χ2n) is 4.11.